The van der Waals surface area contributed by atoms with E-state index in [-0.39, 0.29) is 5.91 Å². The fourth-order valence-corrected chi connectivity index (χ4v) is 3.94. The lowest BCUT2D eigenvalue weighted by atomic mass is 10.3. The molecule has 128 valence electrons. The molecule has 3 rings (SSSR count). The molecular weight excluding hydrogens is 320 g/mol. The number of aromatic nitrogens is 2. The third kappa shape index (κ3) is 4.39. The molecule has 0 atom stereocenters. The Hall–Kier alpha value is -1.79. The Morgan fingerprint density at radius 1 is 1.33 bits per heavy atom. The monoisotopic (exact) mass is 344 g/mol. The van der Waals surface area contributed by atoms with E-state index >= 15 is 0 Å². The molecule has 3 heterocycles. The molecule has 1 aliphatic heterocycles. The van der Waals surface area contributed by atoms with Crippen LogP contribution in [0.3, 0.4) is 0 Å². The molecule has 0 spiro atoms. The van der Waals surface area contributed by atoms with E-state index in [0.29, 0.717) is 4.88 Å². The molecule has 2 aromatic heterocycles. The number of hydrogen-bond acceptors (Lipinski definition) is 5. The number of likely N-dealkylation sites (tertiary alicyclic amines) is 1. The number of hydrogen-bond donors (Lipinski definition) is 1. The van der Waals surface area contributed by atoms with Crippen molar-refractivity contribution in [3.63, 3.8) is 0 Å². The summed E-state index contributed by atoms with van der Waals surface area (Å²) >= 11 is 1.43. The maximum Gasteiger partial charge on any atom is 0.263 e. The molecule has 1 amide bonds. The lowest BCUT2D eigenvalue weighted by Gasteiger charge is -2.13. The quantitative estimate of drug-likeness (QED) is 0.784. The number of aryl methyl sites for hydroxylation is 1. The van der Waals surface area contributed by atoms with Gasteiger partial charge in [0.25, 0.3) is 5.91 Å². The molecule has 1 N–H and O–H groups in total. The summed E-state index contributed by atoms with van der Waals surface area (Å²) < 4.78 is 0. The topological polar surface area (TPSA) is 58.1 Å². The molecule has 24 heavy (non-hydrogen) atoms. The third-order valence-electron chi connectivity index (χ3n) is 4.30. The summed E-state index contributed by atoms with van der Waals surface area (Å²) in [5.74, 6) is -0.0127. The number of unbranched alkanes of at least 4 members (excludes halogenated alkanes) is 1. The standard InChI is InChI=1S/C18H24N4OS/c1-14-16(24-18(21-14)15-7-6-8-19-13-15)17(23)20-9-2-3-10-22-11-4-5-12-22/h6-8,13H,2-5,9-12H2,1H3,(H,20,23). The van der Waals surface area contributed by atoms with E-state index < -0.39 is 0 Å². The van der Waals surface area contributed by atoms with Gasteiger partial charge in [-0.1, -0.05) is 0 Å². The van der Waals surface area contributed by atoms with Crippen LogP contribution >= 0.6 is 11.3 Å². The molecule has 0 unspecified atom stereocenters. The first-order chi connectivity index (χ1) is 11.7. The first-order valence-electron chi connectivity index (χ1n) is 8.62. The number of carbonyl (C=O) groups is 1. The molecule has 0 aromatic carbocycles. The minimum absolute atomic E-state index is 0.0127. The van der Waals surface area contributed by atoms with Gasteiger partial charge in [-0.25, -0.2) is 4.98 Å². The van der Waals surface area contributed by atoms with E-state index in [1.807, 2.05) is 19.1 Å². The molecule has 5 nitrogen and oxygen atoms in total. The lowest BCUT2D eigenvalue weighted by Crippen LogP contribution is -2.26. The summed E-state index contributed by atoms with van der Waals surface area (Å²) in [6, 6.07) is 3.84. The van der Waals surface area contributed by atoms with Gasteiger partial charge in [0.1, 0.15) is 9.88 Å². The summed E-state index contributed by atoms with van der Waals surface area (Å²) in [5.41, 5.74) is 1.74. The van der Waals surface area contributed by atoms with Crippen LogP contribution in [-0.4, -0.2) is 47.0 Å². The van der Waals surface area contributed by atoms with Crippen molar-refractivity contribution in [1.29, 1.82) is 0 Å². The number of nitrogens with one attached hydrogen (secondary N) is 1. The van der Waals surface area contributed by atoms with E-state index in [0.717, 1.165) is 42.2 Å². The van der Waals surface area contributed by atoms with Gasteiger partial charge in [-0.05, 0) is 64.4 Å². The Bertz CT molecular complexity index is 665. The van der Waals surface area contributed by atoms with Gasteiger partial charge >= 0.3 is 0 Å². The van der Waals surface area contributed by atoms with Gasteiger partial charge in [-0.15, -0.1) is 11.3 Å². The van der Waals surface area contributed by atoms with E-state index in [9.17, 15) is 4.79 Å². The van der Waals surface area contributed by atoms with Crippen molar-refractivity contribution in [3.05, 3.63) is 35.1 Å². The summed E-state index contributed by atoms with van der Waals surface area (Å²) in [7, 11) is 0. The van der Waals surface area contributed by atoms with Crippen molar-refractivity contribution in [2.45, 2.75) is 32.6 Å². The first-order valence-corrected chi connectivity index (χ1v) is 9.44. The minimum Gasteiger partial charge on any atom is -0.351 e. The van der Waals surface area contributed by atoms with Crippen LogP contribution in [-0.2, 0) is 0 Å². The molecule has 0 saturated carbocycles. The number of rotatable bonds is 7. The number of amides is 1. The highest BCUT2D eigenvalue weighted by Gasteiger charge is 2.16. The highest BCUT2D eigenvalue weighted by atomic mass is 32.1. The minimum atomic E-state index is -0.0127. The van der Waals surface area contributed by atoms with Gasteiger partial charge in [0.15, 0.2) is 0 Å². The second-order valence-electron chi connectivity index (χ2n) is 6.19. The Labute approximate surface area is 147 Å². The Morgan fingerprint density at radius 2 is 2.17 bits per heavy atom. The highest BCUT2D eigenvalue weighted by molar-refractivity contribution is 7.17. The Kier molecular flexibility index (Phi) is 5.93. The Balaban J connectivity index is 1.47. The summed E-state index contributed by atoms with van der Waals surface area (Å²) in [5, 5.41) is 3.87. The van der Waals surface area contributed by atoms with Gasteiger partial charge in [0, 0.05) is 24.5 Å². The molecule has 1 aliphatic rings. The predicted octanol–water partition coefficient (Wildman–Crippen LogP) is 3.12. The van der Waals surface area contributed by atoms with E-state index in [2.05, 4.69) is 20.2 Å². The zero-order chi connectivity index (χ0) is 16.8. The molecular formula is C18H24N4OS. The lowest BCUT2D eigenvalue weighted by molar-refractivity contribution is 0.0956. The zero-order valence-corrected chi connectivity index (χ0v) is 14.9. The summed E-state index contributed by atoms with van der Waals surface area (Å²) in [6.45, 7) is 6.25. The van der Waals surface area contributed by atoms with Gasteiger partial charge in [-0.2, -0.15) is 0 Å². The SMILES string of the molecule is Cc1nc(-c2cccnc2)sc1C(=O)NCCCCN1CCCC1. The van der Waals surface area contributed by atoms with Crippen LogP contribution in [0, 0.1) is 6.92 Å². The van der Waals surface area contributed by atoms with Crippen molar-refractivity contribution in [2.24, 2.45) is 0 Å². The summed E-state index contributed by atoms with van der Waals surface area (Å²) in [6.07, 6.45) is 8.35. The molecule has 2 aromatic rings. The van der Waals surface area contributed by atoms with Gasteiger partial charge in [0.05, 0.1) is 5.69 Å². The van der Waals surface area contributed by atoms with Gasteiger partial charge in [-0.3, -0.25) is 9.78 Å². The van der Waals surface area contributed by atoms with Crippen LogP contribution in [0.1, 0.15) is 41.0 Å². The maximum atomic E-state index is 12.4. The van der Waals surface area contributed by atoms with E-state index in [4.69, 9.17) is 0 Å². The Morgan fingerprint density at radius 3 is 2.92 bits per heavy atom. The fraction of sp³-hybridized carbons (Fsp3) is 0.500. The van der Waals surface area contributed by atoms with E-state index in [1.165, 1.54) is 37.3 Å². The van der Waals surface area contributed by atoms with Crippen molar-refractivity contribution in [2.75, 3.05) is 26.2 Å². The fourth-order valence-electron chi connectivity index (χ4n) is 2.97. The normalized spacial score (nSPS) is 14.9. The second-order valence-corrected chi connectivity index (χ2v) is 7.19. The average Bonchev–Trinajstić information content (AvgIpc) is 3.25. The van der Waals surface area contributed by atoms with Crippen LogP contribution in [0.4, 0.5) is 0 Å². The van der Waals surface area contributed by atoms with Gasteiger partial charge in [0.2, 0.25) is 0 Å². The molecule has 0 bridgehead atoms. The van der Waals surface area contributed by atoms with Crippen LogP contribution in [0.2, 0.25) is 0 Å². The van der Waals surface area contributed by atoms with Crippen LogP contribution in [0.5, 0.6) is 0 Å². The van der Waals surface area contributed by atoms with Crippen molar-refractivity contribution in [1.82, 2.24) is 20.2 Å². The number of carbonyl (C=O) groups excluding carboxylic acids is 1. The zero-order valence-electron chi connectivity index (χ0n) is 14.1. The van der Waals surface area contributed by atoms with Crippen LogP contribution in [0.25, 0.3) is 10.6 Å². The van der Waals surface area contributed by atoms with Crippen molar-refractivity contribution in [3.8, 4) is 10.6 Å². The van der Waals surface area contributed by atoms with Crippen molar-refractivity contribution < 1.29 is 4.79 Å². The molecule has 1 fully saturated rings. The average molecular weight is 344 g/mol. The van der Waals surface area contributed by atoms with Crippen LogP contribution in [0.15, 0.2) is 24.5 Å². The predicted molar refractivity (Wildman–Crippen MR) is 97.3 cm³/mol. The van der Waals surface area contributed by atoms with Gasteiger partial charge < -0.3 is 10.2 Å². The molecule has 6 heteroatoms. The summed E-state index contributed by atoms with van der Waals surface area (Å²) in [4.78, 5) is 24.2. The van der Waals surface area contributed by atoms with Crippen molar-refractivity contribution >= 4 is 17.2 Å². The molecule has 0 radical (unpaired) electrons. The molecule has 0 aliphatic carbocycles. The number of nitrogens with zero attached hydrogens (tertiary/aromatic N) is 3. The number of thiazole rings is 1. The van der Waals surface area contributed by atoms with E-state index in [1.54, 1.807) is 12.4 Å². The molecule has 1 saturated heterocycles. The largest absolute Gasteiger partial charge is 0.351 e. The highest BCUT2D eigenvalue weighted by Crippen LogP contribution is 2.27. The first kappa shape index (κ1) is 17.0. The smallest absolute Gasteiger partial charge is 0.263 e. The second kappa shape index (κ2) is 8.35. The third-order valence-corrected chi connectivity index (χ3v) is 5.50. The van der Waals surface area contributed by atoms with Crippen LogP contribution < -0.4 is 5.32 Å². The maximum absolute atomic E-state index is 12.4. The number of pyridine rings is 1.